The van der Waals surface area contributed by atoms with Crippen molar-refractivity contribution in [2.24, 2.45) is 17.8 Å². The van der Waals surface area contributed by atoms with Crippen LogP contribution in [0, 0.1) is 17.8 Å². The van der Waals surface area contributed by atoms with Gasteiger partial charge in [-0.15, -0.1) is 0 Å². The zero-order valence-electron chi connectivity index (χ0n) is 19.0. The lowest BCUT2D eigenvalue weighted by Gasteiger charge is -2.53. The van der Waals surface area contributed by atoms with E-state index in [1.165, 1.54) is 33.5 Å². The van der Waals surface area contributed by atoms with Gasteiger partial charge in [0.05, 0.1) is 33.4 Å². The highest BCUT2D eigenvalue weighted by Crippen LogP contribution is 2.96. The molecule has 1 heterocycles. The van der Waals surface area contributed by atoms with Crippen LogP contribution in [0.25, 0.3) is 0 Å². The van der Waals surface area contributed by atoms with E-state index in [9.17, 15) is 9.59 Å². The van der Waals surface area contributed by atoms with E-state index >= 15 is 0 Å². The molecule has 1 saturated heterocycles. The lowest BCUT2D eigenvalue weighted by atomic mass is 9.68. The normalized spacial score (nSPS) is 46.6. The fourth-order valence-corrected chi connectivity index (χ4v) is 18.4. The third-order valence-electron chi connectivity index (χ3n) is 9.22. The number of carbonyl (C=O) groups is 2. The van der Waals surface area contributed by atoms with Crippen molar-refractivity contribution < 1.29 is 23.8 Å². The second kappa shape index (κ2) is 5.27. The molecule has 0 spiro atoms. The van der Waals surface area contributed by atoms with Crippen LogP contribution in [0.15, 0.2) is 11.1 Å². The minimum atomic E-state index is -2.06. The van der Waals surface area contributed by atoms with Gasteiger partial charge < -0.3 is 14.2 Å². The van der Waals surface area contributed by atoms with E-state index in [1.54, 1.807) is 0 Å². The lowest BCUT2D eigenvalue weighted by molar-refractivity contribution is -0.140. The van der Waals surface area contributed by atoms with Crippen LogP contribution in [0.1, 0.15) is 19.3 Å². The van der Waals surface area contributed by atoms with Gasteiger partial charge in [-0.3, -0.25) is 0 Å². The molecule has 3 saturated carbocycles. The Hall–Kier alpha value is -0.926. The van der Waals surface area contributed by atoms with Crippen molar-refractivity contribution in [2.45, 2.75) is 80.3 Å². The van der Waals surface area contributed by atoms with Gasteiger partial charge in [0.2, 0.25) is 0 Å². The largest absolute Gasteiger partial charge is 0.466 e. The average molecular weight is 435 g/mol. The van der Waals surface area contributed by atoms with Crippen LogP contribution in [0.3, 0.4) is 0 Å². The Bertz CT molecular complexity index is 867. The number of esters is 2. The average Bonchev–Trinajstić information content (AvgIpc) is 2.95. The fourth-order valence-electron chi connectivity index (χ4n) is 9.11. The van der Waals surface area contributed by atoms with Crippen molar-refractivity contribution in [1.82, 2.24) is 0 Å². The summed E-state index contributed by atoms with van der Waals surface area (Å²) in [5, 5.41) is -0.369. The first kappa shape index (κ1) is 20.0. The Morgan fingerprint density at radius 2 is 1.55 bits per heavy atom. The van der Waals surface area contributed by atoms with E-state index in [0.29, 0.717) is 28.5 Å². The summed E-state index contributed by atoms with van der Waals surface area (Å²) in [6, 6.07) is 0. The van der Waals surface area contributed by atoms with E-state index in [-0.39, 0.29) is 34.1 Å². The van der Waals surface area contributed by atoms with E-state index in [4.69, 9.17) is 14.2 Å². The number of fused-ring (bicyclic) bond motifs is 4. The maximum Gasteiger partial charge on any atom is 0.334 e. The molecule has 0 aromatic carbocycles. The Kier molecular flexibility index (Phi) is 3.64. The van der Waals surface area contributed by atoms with Crippen molar-refractivity contribution in [3.8, 4) is 0 Å². The molecule has 0 aromatic rings. The van der Waals surface area contributed by atoms with Crippen molar-refractivity contribution in [2.75, 3.05) is 14.2 Å². The predicted molar refractivity (Wildman–Crippen MR) is 115 cm³/mol. The van der Waals surface area contributed by atoms with Crippen LogP contribution in [-0.2, 0) is 23.8 Å². The molecular weight excluding hydrogens is 400 g/mol. The molecule has 29 heavy (non-hydrogen) atoms. The summed E-state index contributed by atoms with van der Waals surface area (Å²) in [4.78, 5) is 26.6. The molecule has 0 amide bonds. The summed E-state index contributed by atoms with van der Waals surface area (Å²) < 4.78 is 17.6. The Labute approximate surface area is 175 Å². The van der Waals surface area contributed by atoms with Crippen LogP contribution in [0.5, 0.6) is 0 Å². The second-order valence-electron chi connectivity index (χ2n) is 12.0. The standard InChI is InChI=1S/C22H34O5Si2/c1-25-18(23)14-15-17(28(3,4)5)21(29(6,7)8,16(14)19(24)26-2)22-13-10-9-12(11-13)20(15,22)27-22/h12-13,15,17H,9-11H2,1-8H3/t12-,13-,15-,17+,20-,21+,22-/m0/s1. The molecule has 5 nitrogen and oxygen atoms in total. The molecule has 160 valence electrons. The number of ether oxygens (including phenoxy) is 3. The summed E-state index contributed by atoms with van der Waals surface area (Å²) in [6.07, 6.45) is 3.56. The number of carbonyl (C=O) groups excluding carboxylic acids is 2. The van der Waals surface area contributed by atoms with Crippen LogP contribution in [0.4, 0.5) is 0 Å². The number of methoxy groups -OCH3 is 2. The first-order valence-corrected chi connectivity index (χ1v) is 18.1. The van der Waals surface area contributed by atoms with Crippen LogP contribution in [-0.4, -0.2) is 53.5 Å². The highest BCUT2D eigenvalue weighted by molar-refractivity contribution is 6.87. The Balaban J connectivity index is 1.91. The molecule has 7 atom stereocenters. The second-order valence-corrected chi connectivity index (χ2v) is 22.6. The third-order valence-corrected chi connectivity index (χ3v) is 15.4. The SMILES string of the molecule is COC(=O)C1=C(C(=O)OC)[C@@]2([Si](C)(C)C)[C@H]([Si](C)(C)C)[C@H]1[C@]13O[C@@]12[C@H]1CC[C@H]3C1. The predicted octanol–water partition coefficient (Wildman–Crippen LogP) is 4.00. The summed E-state index contributed by atoms with van der Waals surface area (Å²) in [5.41, 5.74) is 1.06. The van der Waals surface area contributed by atoms with Gasteiger partial charge in [-0.2, -0.15) is 0 Å². The molecule has 0 N–H and O–H groups in total. The highest BCUT2D eigenvalue weighted by Gasteiger charge is 3.01. The highest BCUT2D eigenvalue weighted by atomic mass is 28.3. The van der Waals surface area contributed by atoms with Gasteiger partial charge in [-0.1, -0.05) is 39.3 Å². The fraction of sp³-hybridized carbons (Fsp3) is 0.818. The van der Waals surface area contributed by atoms with Crippen LogP contribution in [0.2, 0.25) is 49.9 Å². The van der Waals surface area contributed by atoms with Crippen LogP contribution >= 0.6 is 0 Å². The van der Waals surface area contributed by atoms with E-state index in [0.717, 1.165) is 0 Å². The zero-order valence-corrected chi connectivity index (χ0v) is 21.0. The molecule has 0 radical (unpaired) electrons. The zero-order chi connectivity index (χ0) is 21.4. The maximum absolute atomic E-state index is 13.4. The topological polar surface area (TPSA) is 65.1 Å². The summed E-state index contributed by atoms with van der Waals surface area (Å²) in [7, 11) is -0.984. The van der Waals surface area contributed by atoms with E-state index in [2.05, 4.69) is 39.3 Å². The van der Waals surface area contributed by atoms with Gasteiger partial charge >= 0.3 is 11.9 Å². The smallest absolute Gasteiger partial charge is 0.334 e. The van der Waals surface area contributed by atoms with Gasteiger partial charge in [0.25, 0.3) is 0 Å². The molecule has 5 aliphatic rings. The lowest BCUT2D eigenvalue weighted by Crippen LogP contribution is -2.57. The summed E-state index contributed by atoms with van der Waals surface area (Å²) in [5.74, 6) is 0.313. The van der Waals surface area contributed by atoms with Crippen molar-refractivity contribution in [3.05, 3.63) is 11.1 Å². The molecule has 5 rings (SSSR count). The summed E-state index contributed by atoms with van der Waals surface area (Å²) in [6.45, 7) is 14.3. The molecule has 4 aliphatic carbocycles. The van der Waals surface area contributed by atoms with Gasteiger partial charge in [0, 0.05) is 19.0 Å². The minimum absolute atomic E-state index is 0.0160. The van der Waals surface area contributed by atoms with Gasteiger partial charge in [-0.05, 0) is 36.6 Å². The number of epoxide rings is 1. The van der Waals surface area contributed by atoms with Crippen LogP contribution < -0.4 is 0 Å². The number of rotatable bonds is 4. The van der Waals surface area contributed by atoms with Gasteiger partial charge in [0.1, 0.15) is 11.2 Å². The molecule has 0 unspecified atom stereocenters. The Morgan fingerprint density at radius 3 is 2.07 bits per heavy atom. The van der Waals surface area contributed by atoms with Crippen molar-refractivity contribution in [3.63, 3.8) is 0 Å². The molecule has 4 bridgehead atoms. The van der Waals surface area contributed by atoms with E-state index < -0.39 is 16.1 Å². The van der Waals surface area contributed by atoms with Gasteiger partial charge in [-0.25, -0.2) is 9.59 Å². The van der Waals surface area contributed by atoms with E-state index in [1.807, 2.05) is 0 Å². The number of hydrogen-bond donors (Lipinski definition) is 0. The Morgan fingerprint density at radius 1 is 0.966 bits per heavy atom. The minimum Gasteiger partial charge on any atom is -0.466 e. The van der Waals surface area contributed by atoms with Crippen molar-refractivity contribution >= 4 is 28.1 Å². The first-order valence-electron chi connectivity index (χ1n) is 11.0. The molecular formula is C22H34O5Si2. The van der Waals surface area contributed by atoms with Crippen molar-refractivity contribution in [1.29, 1.82) is 0 Å². The molecule has 1 aliphatic heterocycles. The first-order chi connectivity index (χ1) is 13.4. The summed E-state index contributed by atoms with van der Waals surface area (Å²) >= 11 is 0. The molecule has 7 heteroatoms. The monoisotopic (exact) mass is 434 g/mol. The maximum atomic E-state index is 13.4. The quantitative estimate of drug-likeness (QED) is 0.380. The van der Waals surface area contributed by atoms with Gasteiger partial charge in [0.15, 0.2) is 0 Å². The molecule has 4 fully saturated rings. The molecule has 0 aromatic heterocycles. The third kappa shape index (κ3) is 1.73. The number of hydrogen-bond acceptors (Lipinski definition) is 5.